The molecule has 41 heteroatoms. The number of rotatable bonds is 23. The fourth-order valence-corrected chi connectivity index (χ4v) is 18.7. The van der Waals surface area contributed by atoms with E-state index in [2.05, 4.69) is 68.1 Å². The highest BCUT2D eigenvalue weighted by molar-refractivity contribution is 8.00. The summed E-state index contributed by atoms with van der Waals surface area (Å²) in [5, 5.41) is 51.3. The van der Waals surface area contributed by atoms with E-state index in [-0.39, 0.29) is 108 Å². The zero-order valence-electron chi connectivity index (χ0n) is 77.3. The number of carbonyl (C=O) groups is 17. The number of aromatic nitrogens is 3. The van der Waals surface area contributed by atoms with Crippen LogP contribution in [0.5, 0.6) is 11.5 Å². The molecule has 0 radical (unpaired) electrons. The van der Waals surface area contributed by atoms with Crippen LogP contribution in [0.15, 0.2) is 121 Å². The van der Waals surface area contributed by atoms with Crippen molar-refractivity contribution in [2.75, 3.05) is 52.3 Å². The van der Waals surface area contributed by atoms with E-state index in [1.807, 2.05) is 69.5 Å². The van der Waals surface area contributed by atoms with Crippen LogP contribution in [0.4, 0.5) is 0 Å². The van der Waals surface area contributed by atoms with Gasteiger partial charge >= 0.3 is 0 Å². The Morgan fingerprint density at radius 2 is 1.02 bits per heavy atom. The number of thioether (sulfide) groups is 1. The minimum atomic E-state index is -1.75. The summed E-state index contributed by atoms with van der Waals surface area (Å²) < 4.78 is 0.850. The van der Waals surface area contributed by atoms with Gasteiger partial charge in [-0.05, 0) is 134 Å². The topological polar surface area (TPSA) is 564 Å². The van der Waals surface area contributed by atoms with Crippen LogP contribution in [0.2, 0.25) is 0 Å². The Morgan fingerprint density at radius 3 is 1.61 bits per heavy atom. The quantitative estimate of drug-likeness (QED) is 0.0432. The van der Waals surface area contributed by atoms with Crippen LogP contribution < -0.4 is 64.6 Å². The molecule has 0 spiro atoms. The van der Waals surface area contributed by atoms with Crippen molar-refractivity contribution in [1.29, 1.82) is 0 Å². The number of nitrogens with two attached hydrogens (primary N) is 2. The number of hydrogen-bond donors (Lipinski definition) is 16. The number of unbranched alkanes of at least 4 members (excludes halogenated alkanes) is 2. The minimum Gasteiger partial charge on any atom is -0.508 e. The first-order chi connectivity index (χ1) is 64.4. The van der Waals surface area contributed by atoms with E-state index in [4.69, 9.17) is 11.5 Å². The van der Waals surface area contributed by atoms with Crippen LogP contribution in [-0.4, -0.2) is 287 Å². The number of amides is 17. The molecule has 10 rings (SSSR count). The van der Waals surface area contributed by atoms with Gasteiger partial charge in [0, 0.05) is 106 Å². The van der Waals surface area contributed by atoms with Gasteiger partial charge in [0.05, 0.1) is 25.0 Å². The van der Waals surface area contributed by atoms with E-state index in [9.17, 15) is 58.2 Å². The fraction of sp³-hybridized carbons (Fsp3) is 0.489. The molecule has 726 valence electrons. The van der Waals surface area contributed by atoms with Crippen molar-refractivity contribution < 1.29 is 91.7 Å². The Labute approximate surface area is 790 Å². The predicted octanol–water partition coefficient (Wildman–Crippen LogP) is 1.55. The molecular formula is C94H124N20O19S2. The molecule has 17 amide bonds. The Morgan fingerprint density at radius 1 is 0.511 bits per heavy atom. The molecule has 6 heterocycles. The summed E-state index contributed by atoms with van der Waals surface area (Å²) in [6.45, 7) is 9.20. The highest BCUT2D eigenvalue weighted by Crippen LogP contribution is 2.30. The number of fused-ring (bicyclic) bond motifs is 4. The van der Waals surface area contributed by atoms with E-state index >= 15 is 33.6 Å². The second kappa shape index (κ2) is 49.0. The first-order valence-corrected chi connectivity index (χ1v) is 47.5. The van der Waals surface area contributed by atoms with Gasteiger partial charge in [-0.15, -0.1) is 23.1 Å². The highest BCUT2D eigenvalue weighted by atomic mass is 32.2. The lowest BCUT2D eigenvalue weighted by Gasteiger charge is -2.36. The number of benzene rings is 4. The van der Waals surface area contributed by atoms with Gasteiger partial charge in [0.2, 0.25) is 100 Å². The van der Waals surface area contributed by atoms with Crippen molar-refractivity contribution in [1.82, 2.24) is 92.6 Å². The van der Waals surface area contributed by atoms with Gasteiger partial charge < -0.3 is 109 Å². The third-order valence-electron chi connectivity index (χ3n) is 24.5. The number of thiophene rings is 1. The zero-order valence-corrected chi connectivity index (χ0v) is 78.9. The Bertz CT molecular complexity index is 5400. The number of carbonyl (C=O) groups excluding carboxylic acids is 17. The van der Waals surface area contributed by atoms with Gasteiger partial charge in [-0.3, -0.25) is 81.5 Å². The molecular weight excluding hydrogens is 1780 g/mol. The molecule has 14 atom stereocenters. The van der Waals surface area contributed by atoms with E-state index in [0.717, 1.165) is 31.6 Å². The summed E-state index contributed by atoms with van der Waals surface area (Å²) in [5.74, 6) is -16.2. The zero-order chi connectivity index (χ0) is 98.0. The summed E-state index contributed by atoms with van der Waals surface area (Å²) in [6, 6.07) is 5.70. The van der Waals surface area contributed by atoms with Crippen LogP contribution in [0, 0.1) is 5.92 Å². The molecule has 39 nitrogen and oxygen atoms in total. The number of primary amides is 2. The number of aromatic amines is 2. The molecule has 3 aromatic heterocycles. The largest absolute Gasteiger partial charge is 0.508 e. The first kappa shape index (κ1) is 104. The van der Waals surface area contributed by atoms with Crippen LogP contribution in [0.3, 0.4) is 0 Å². The maximum Gasteiger partial charge on any atom is 0.246 e. The van der Waals surface area contributed by atoms with E-state index in [1.165, 1.54) is 122 Å². The normalized spacial score (nSPS) is 24.2. The number of nitrogens with zero attached hydrogens (tertiary/aromatic N) is 6. The summed E-state index contributed by atoms with van der Waals surface area (Å²) in [7, 11) is 4.03. The van der Waals surface area contributed by atoms with Crippen molar-refractivity contribution in [2.45, 2.75) is 235 Å². The third kappa shape index (κ3) is 28.3. The van der Waals surface area contributed by atoms with Crippen LogP contribution >= 0.6 is 23.1 Å². The SMILES string of the molecule is CCCCC1C(=O)N(C)C(CCCC)C(=O)NC(C)C(=O)NC(C(=O)NCC(N)=O)CSCC(=O)NC(Cc2ccc(O)cc2)C(=O)N(C)C(C)C(=O)NC(CC(N)=O)C(=O)N2CCCC2C(=O)NC(Cc2cnc[nH]2)C(=O)NC(CC(C)C)C(=O)N2CCCC2C(=O)NC(Cc2c[nH]c3ccccc23)C(=O)NC(Cc2ccc(O)cc2)C(=O)NC(Cc2csc3ccccc23)C(=O)N1C. The van der Waals surface area contributed by atoms with Crippen molar-refractivity contribution in [3.63, 3.8) is 0 Å². The molecule has 3 saturated heterocycles. The fourth-order valence-electron chi connectivity index (χ4n) is 16.9. The minimum absolute atomic E-state index is 0.00351. The van der Waals surface area contributed by atoms with E-state index in [0.29, 0.717) is 64.5 Å². The van der Waals surface area contributed by atoms with Gasteiger partial charge in [-0.2, -0.15) is 0 Å². The summed E-state index contributed by atoms with van der Waals surface area (Å²) >= 11 is 2.18. The smallest absolute Gasteiger partial charge is 0.246 e. The molecule has 0 saturated carbocycles. The van der Waals surface area contributed by atoms with Crippen LogP contribution in [0.1, 0.15) is 147 Å². The van der Waals surface area contributed by atoms with Gasteiger partial charge in [-0.1, -0.05) is 114 Å². The molecule has 18 N–H and O–H groups in total. The lowest BCUT2D eigenvalue weighted by atomic mass is 9.99. The van der Waals surface area contributed by atoms with Crippen molar-refractivity contribution in [2.24, 2.45) is 17.4 Å². The standard InChI is InChI=1S/C94H124N20O19S2/c1-10-12-23-73-87(126)101-53(5)81(120)109-72(83(122)99-47-79(96)118)49-134-50-80(119)102-69(40-56-30-34-61(116)35-31-56)90(129)110(7)54(6)82(121)106-71(44-78(95)117)93(132)114-37-19-26-75(114)89(128)105-67(43-59-46-97-51-100-59)86(125)107-68(38-52(3)4)92(131)113-36-18-25-74(113)88(127)104-66(41-57-45-98-64-22-16-14-20-62(57)64)85(124)103-65(39-55-28-32-60(115)33-29-55)84(123)108-70(42-58-48-135-77-27-17-15-21-63(58)77)91(130)112(9)76(24-13-11-2)94(133)111(73)8/h14-17,20-22,27-35,45-46,48,51-54,65-76,98,115-116H,10-13,18-19,23-26,36-44,47,49-50H2,1-9H3,(H2,95,117)(H2,96,118)(H,97,100)(H,99,122)(H,101,126)(H,102,119)(H,103,124)(H,104,127)(H,105,128)(H,106,121)(H,107,125)(H,108,123)(H,109,120). The summed E-state index contributed by atoms with van der Waals surface area (Å²) in [5.41, 5.74) is 14.2. The highest BCUT2D eigenvalue weighted by Gasteiger charge is 2.46. The number of H-pyrrole nitrogens is 2. The van der Waals surface area contributed by atoms with Gasteiger partial charge in [-0.25, -0.2) is 4.98 Å². The number of imidazole rings is 1. The van der Waals surface area contributed by atoms with Gasteiger partial charge in [0.15, 0.2) is 0 Å². The maximum absolute atomic E-state index is 16.0. The molecule has 135 heavy (non-hydrogen) atoms. The predicted molar refractivity (Wildman–Crippen MR) is 503 cm³/mol. The molecule has 7 aromatic rings. The van der Waals surface area contributed by atoms with E-state index in [1.54, 1.807) is 18.3 Å². The van der Waals surface area contributed by atoms with Crippen molar-refractivity contribution >= 4 is 145 Å². The van der Waals surface area contributed by atoms with E-state index < -0.39 is 209 Å². The number of para-hydroxylation sites is 1. The molecule has 3 fully saturated rings. The Hall–Kier alpha value is -13.5. The number of phenols is 2. The summed E-state index contributed by atoms with van der Waals surface area (Å²) in [6.07, 6.45) is 5.00. The Kier molecular flexibility index (Phi) is 37.6. The van der Waals surface area contributed by atoms with Crippen molar-refractivity contribution in [3.05, 3.63) is 149 Å². The maximum atomic E-state index is 16.0. The first-order valence-electron chi connectivity index (χ1n) is 45.5. The number of likely N-dealkylation sites (N-methyl/N-ethyl adjacent to an activating group) is 3. The molecule has 14 unspecified atom stereocenters. The van der Waals surface area contributed by atoms with Gasteiger partial charge in [0.1, 0.15) is 96.1 Å². The molecule has 4 aromatic carbocycles. The lowest BCUT2D eigenvalue weighted by Crippen LogP contribution is -2.61. The number of phenolic OH excluding ortho intramolecular Hbond substituents is 2. The van der Waals surface area contributed by atoms with Crippen LogP contribution in [0.25, 0.3) is 21.0 Å². The molecule has 0 bridgehead atoms. The average Bonchev–Trinajstić information content (AvgIpc) is 1.73. The number of hydrogen-bond acceptors (Lipinski definition) is 22. The number of nitrogens with one attached hydrogen (secondary N) is 12. The monoisotopic (exact) mass is 1900 g/mol. The second-order valence-corrected chi connectivity index (χ2v) is 37.0. The lowest BCUT2D eigenvalue weighted by molar-refractivity contribution is -0.149. The number of aromatic hydroxyl groups is 2. The Balaban J connectivity index is 1.02. The van der Waals surface area contributed by atoms with Gasteiger partial charge in [0.25, 0.3) is 0 Å². The summed E-state index contributed by atoms with van der Waals surface area (Å²) in [4.78, 5) is 267. The average molecular weight is 1900 g/mol. The molecule has 0 aliphatic carbocycles. The molecule has 3 aliphatic rings. The van der Waals surface area contributed by atoms with Crippen molar-refractivity contribution in [3.8, 4) is 11.5 Å². The molecule has 3 aliphatic heterocycles. The second-order valence-electron chi connectivity index (χ2n) is 35.0. The van der Waals surface area contributed by atoms with Crippen LogP contribution in [-0.2, 0) is 114 Å². The third-order valence-corrected chi connectivity index (χ3v) is 26.6.